The summed E-state index contributed by atoms with van der Waals surface area (Å²) in [5, 5.41) is 17.8. The average molecular weight is 519 g/mol. The summed E-state index contributed by atoms with van der Waals surface area (Å²) in [7, 11) is 4.21. The number of halogens is 1. The Hall–Kier alpha value is -4.57. The van der Waals surface area contributed by atoms with Crippen LogP contribution in [0.25, 0.3) is 22.3 Å². The average Bonchev–Trinajstić information content (AvgIpc) is 2.90. The van der Waals surface area contributed by atoms with Crippen molar-refractivity contribution < 1.29 is 28.6 Å². The Morgan fingerprint density at radius 3 is 2.37 bits per heavy atom. The van der Waals surface area contributed by atoms with Crippen LogP contribution in [0.1, 0.15) is 21.5 Å². The minimum absolute atomic E-state index is 0.141. The summed E-state index contributed by atoms with van der Waals surface area (Å²) in [5.74, 6) is -1.94. The van der Waals surface area contributed by atoms with Crippen molar-refractivity contribution in [3.8, 4) is 28.0 Å². The summed E-state index contributed by atoms with van der Waals surface area (Å²) in [6.07, 6.45) is -0.836. The van der Waals surface area contributed by atoms with Crippen molar-refractivity contribution in [1.29, 1.82) is 0 Å². The molecule has 1 heterocycles. The Morgan fingerprint density at radius 2 is 1.71 bits per heavy atom. The molecule has 10 heteroatoms. The van der Waals surface area contributed by atoms with E-state index >= 15 is 0 Å². The summed E-state index contributed by atoms with van der Waals surface area (Å²) in [6, 6.07) is 13.9. The second-order valence-corrected chi connectivity index (χ2v) is 8.89. The van der Waals surface area contributed by atoms with Crippen LogP contribution in [-0.4, -0.2) is 66.4 Å². The predicted octanol–water partition coefficient (Wildman–Crippen LogP) is 3.57. The Balaban J connectivity index is 1.72. The zero-order chi connectivity index (χ0) is 27.7. The zero-order valence-corrected chi connectivity index (χ0v) is 21.6. The minimum Gasteiger partial charge on any atom is -0.496 e. The van der Waals surface area contributed by atoms with Crippen molar-refractivity contribution in [2.45, 2.75) is 20.2 Å². The van der Waals surface area contributed by atoms with Crippen LogP contribution in [0, 0.1) is 19.7 Å². The fourth-order valence-electron chi connectivity index (χ4n) is 4.43. The number of rotatable bonds is 6. The lowest BCUT2D eigenvalue weighted by atomic mass is 9.90. The highest BCUT2D eigenvalue weighted by molar-refractivity contribution is 6.67. The lowest BCUT2D eigenvalue weighted by molar-refractivity contribution is -0.149. The van der Waals surface area contributed by atoms with E-state index in [1.165, 1.54) is 27.3 Å². The van der Waals surface area contributed by atoms with Crippen molar-refractivity contribution in [2.75, 3.05) is 26.5 Å². The molecule has 38 heavy (non-hydrogen) atoms. The molecule has 0 spiro atoms. The van der Waals surface area contributed by atoms with Crippen molar-refractivity contribution >= 4 is 29.5 Å². The van der Waals surface area contributed by atoms with E-state index in [9.17, 15) is 23.9 Å². The van der Waals surface area contributed by atoms with Crippen LogP contribution in [0.5, 0.6) is 5.75 Å². The number of nitrogens with one attached hydrogen (secondary N) is 1. The molecule has 3 aromatic rings. The highest BCUT2D eigenvalue weighted by Crippen LogP contribution is 2.37. The van der Waals surface area contributed by atoms with Crippen LogP contribution in [0.4, 0.5) is 10.1 Å². The third kappa shape index (κ3) is 4.61. The van der Waals surface area contributed by atoms with E-state index in [4.69, 9.17) is 4.74 Å². The van der Waals surface area contributed by atoms with Gasteiger partial charge in [-0.25, -0.2) is 4.39 Å². The molecule has 1 atom stereocenters. The first kappa shape index (κ1) is 26.5. The van der Waals surface area contributed by atoms with Crippen molar-refractivity contribution in [1.82, 2.24) is 9.91 Å². The summed E-state index contributed by atoms with van der Waals surface area (Å²) in [5.41, 5.74) is 4.55. The molecule has 1 unspecified atom stereocenters. The first-order chi connectivity index (χ1) is 18.1. The van der Waals surface area contributed by atoms with Crippen LogP contribution in [0.15, 0.2) is 53.6 Å². The number of carbonyl (C=O) groups is 3. The van der Waals surface area contributed by atoms with Gasteiger partial charge in [-0.15, -0.1) is 0 Å². The number of hydrogen-bond acceptors (Lipinski definition) is 7. The number of carbonyl (C=O) groups excluding carboxylic acids is 3. The molecular weight excluding hydrogens is 491 g/mol. The second-order valence-electron chi connectivity index (χ2n) is 8.89. The topological polar surface area (TPSA) is 112 Å². The SMILES string of the molecule is COc1cc(-c2cccc(-c3cccc(NC(=O)C4=NN(C)C(O)N(C)C4=O)c3C)c2C)cc(F)c1C=O. The van der Waals surface area contributed by atoms with Gasteiger partial charge >= 0.3 is 0 Å². The number of ether oxygens (including phenoxy) is 1. The van der Waals surface area contributed by atoms with Crippen LogP contribution >= 0.6 is 0 Å². The first-order valence-electron chi connectivity index (χ1n) is 11.7. The van der Waals surface area contributed by atoms with Crippen molar-refractivity contribution in [3.63, 3.8) is 0 Å². The molecule has 0 aliphatic carbocycles. The van der Waals surface area contributed by atoms with Gasteiger partial charge in [0.2, 0.25) is 12.1 Å². The van der Waals surface area contributed by atoms with Gasteiger partial charge in [-0.3, -0.25) is 24.3 Å². The number of nitrogens with zero attached hydrogens (tertiary/aromatic N) is 3. The normalized spacial score (nSPS) is 15.3. The maximum Gasteiger partial charge on any atom is 0.283 e. The predicted molar refractivity (Wildman–Crippen MR) is 141 cm³/mol. The number of aliphatic hydroxyl groups excluding tert-OH is 1. The van der Waals surface area contributed by atoms with Gasteiger partial charge < -0.3 is 15.2 Å². The molecule has 0 radical (unpaired) electrons. The van der Waals surface area contributed by atoms with Crippen LogP contribution < -0.4 is 10.1 Å². The first-order valence-corrected chi connectivity index (χ1v) is 11.7. The van der Waals surface area contributed by atoms with Gasteiger partial charge in [0.15, 0.2) is 6.29 Å². The van der Waals surface area contributed by atoms with Gasteiger partial charge in [0.05, 0.1) is 12.7 Å². The highest BCUT2D eigenvalue weighted by Gasteiger charge is 2.34. The Morgan fingerprint density at radius 1 is 1.08 bits per heavy atom. The van der Waals surface area contributed by atoms with Crippen molar-refractivity contribution in [2.24, 2.45) is 5.10 Å². The fourth-order valence-corrected chi connectivity index (χ4v) is 4.43. The standard InChI is InChI=1S/C28H27FN4O5/c1-15-18(17-12-22(29)21(14-34)24(13-17)38-5)8-6-9-19(15)20-10-7-11-23(16(20)2)30-26(35)25-27(36)32(3)28(37)33(4)31-25/h6-14,28,37H,1-5H3,(H,30,35). The lowest BCUT2D eigenvalue weighted by Gasteiger charge is -2.33. The molecule has 4 rings (SSSR count). The third-order valence-corrected chi connectivity index (χ3v) is 6.62. The number of anilines is 1. The smallest absolute Gasteiger partial charge is 0.283 e. The van der Waals surface area contributed by atoms with E-state index in [0.29, 0.717) is 17.5 Å². The number of hydrogen-bond donors (Lipinski definition) is 2. The Labute approximate surface area is 219 Å². The minimum atomic E-state index is -1.26. The van der Waals surface area contributed by atoms with Gasteiger partial charge in [-0.05, 0) is 65.4 Å². The monoisotopic (exact) mass is 518 g/mol. The number of methoxy groups -OCH3 is 1. The van der Waals surface area contributed by atoms with Gasteiger partial charge in [0.25, 0.3) is 11.8 Å². The molecule has 0 fully saturated rings. The van der Waals surface area contributed by atoms with E-state index < -0.39 is 24.0 Å². The molecule has 1 aliphatic heterocycles. The molecule has 3 aromatic carbocycles. The van der Waals surface area contributed by atoms with Crippen LogP contribution in [-0.2, 0) is 9.59 Å². The molecular formula is C28H27FN4O5. The fraction of sp³-hybridized carbons (Fsp3) is 0.214. The Bertz CT molecular complexity index is 1490. The number of hydrazone groups is 1. The van der Waals surface area contributed by atoms with E-state index in [0.717, 1.165) is 37.7 Å². The molecule has 0 bridgehead atoms. The van der Waals surface area contributed by atoms with Crippen LogP contribution in [0.3, 0.4) is 0 Å². The molecule has 196 valence electrons. The highest BCUT2D eigenvalue weighted by atomic mass is 19.1. The second kappa shape index (κ2) is 10.4. The molecule has 0 saturated carbocycles. The molecule has 9 nitrogen and oxygen atoms in total. The van der Waals surface area contributed by atoms with E-state index in [-0.39, 0.29) is 17.0 Å². The van der Waals surface area contributed by atoms with Crippen molar-refractivity contribution in [3.05, 3.63) is 71.0 Å². The van der Waals surface area contributed by atoms with E-state index in [1.54, 1.807) is 18.2 Å². The molecule has 0 aromatic heterocycles. The maximum absolute atomic E-state index is 14.6. The summed E-state index contributed by atoms with van der Waals surface area (Å²) < 4.78 is 19.8. The zero-order valence-electron chi connectivity index (χ0n) is 21.6. The van der Waals surface area contributed by atoms with Gasteiger partial charge in [0, 0.05) is 19.8 Å². The number of aliphatic hydroxyl groups is 1. The third-order valence-electron chi connectivity index (χ3n) is 6.62. The largest absolute Gasteiger partial charge is 0.496 e. The molecule has 0 saturated heterocycles. The summed E-state index contributed by atoms with van der Waals surface area (Å²) in [4.78, 5) is 37.8. The van der Waals surface area contributed by atoms with Gasteiger partial charge in [-0.1, -0.05) is 30.3 Å². The number of benzene rings is 3. The number of aldehydes is 1. The Kier molecular flexibility index (Phi) is 7.27. The number of amides is 2. The van der Waals surface area contributed by atoms with Gasteiger partial charge in [-0.2, -0.15) is 5.10 Å². The molecule has 2 N–H and O–H groups in total. The van der Waals surface area contributed by atoms with Crippen LogP contribution in [0.2, 0.25) is 0 Å². The van der Waals surface area contributed by atoms with E-state index in [2.05, 4.69) is 10.4 Å². The maximum atomic E-state index is 14.6. The van der Waals surface area contributed by atoms with E-state index in [1.807, 2.05) is 38.1 Å². The lowest BCUT2D eigenvalue weighted by Crippen LogP contribution is -2.55. The summed E-state index contributed by atoms with van der Waals surface area (Å²) >= 11 is 0. The summed E-state index contributed by atoms with van der Waals surface area (Å²) in [6.45, 7) is 3.74. The molecule has 2 amide bonds. The van der Waals surface area contributed by atoms with Gasteiger partial charge in [0.1, 0.15) is 11.6 Å². The quantitative estimate of drug-likeness (QED) is 0.483. The molecule has 1 aliphatic rings.